The third-order valence-electron chi connectivity index (χ3n) is 2.75. The molecule has 2 nitrogen and oxygen atoms in total. The molecule has 1 aromatic carbocycles. The average molecular weight is 224 g/mol. The van der Waals surface area contributed by atoms with Crippen molar-refractivity contribution in [3.05, 3.63) is 29.6 Å². The minimum atomic E-state index is -0.199. The van der Waals surface area contributed by atoms with Gasteiger partial charge in [0, 0.05) is 17.8 Å². The maximum atomic E-state index is 13.6. The predicted octanol–water partition coefficient (Wildman–Crippen LogP) is 3.03. The van der Waals surface area contributed by atoms with Crippen LogP contribution in [0.5, 0.6) is 0 Å². The van der Waals surface area contributed by atoms with Crippen LogP contribution in [0.2, 0.25) is 0 Å². The van der Waals surface area contributed by atoms with E-state index in [9.17, 15) is 4.39 Å². The van der Waals surface area contributed by atoms with E-state index < -0.39 is 0 Å². The number of nitrogens with zero attached hydrogens (tertiary/aromatic N) is 1. The summed E-state index contributed by atoms with van der Waals surface area (Å²) in [4.78, 5) is 2.25. The maximum absolute atomic E-state index is 13.6. The van der Waals surface area contributed by atoms with Crippen molar-refractivity contribution in [3.8, 4) is 0 Å². The summed E-state index contributed by atoms with van der Waals surface area (Å²) < 4.78 is 13.6. The molecule has 0 aliphatic rings. The Balaban J connectivity index is 2.62. The molecule has 90 valence electrons. The number of benzene rings is 1. The third-order valence-corrected chi connectivity index (χ3v) is 2.75. The van der Waals surface area contributed by atoms with Gasteiger partial charge in [0.25, 0.3) is 0 Å². The maximum Gasteiger partial charge on any atom is 0.129 e. The van der Waals surface area contributed by atoms with Gasteiger partial charge in [-0.05, 0) is 31.6 Å². The van der Waals surface area contributed by atoms with Gasteiger partial charge < -0.3 is 5.73 Å². The zero-order chi connectivity index (χ0) is 12.0. The first-order valence-corrected chi connectivity index (χ1v) is 5.93. The van der Waals surface area contributed by atoms with Crippen LogP contribution in [0, 0.1) is 5.82 Å². The Hall–Kier alpha value is -1.09. The monoisotopic (exact) mass is 224 g/mol. The number of hydrogen-bond donors (Lipinski definition) is 1. The quantitative estimate of drug-likeness (QED) is 0.753. The number of nitrogen functional groups attached to an aromatic ring is 1. The first-order chi connectivity index (χ1) is 7.67. The zero-order valence-electron chi connectivity index (χ0n) is 10.2. The molecule has 2 N–H and O–H groups in total. The standard InChI is InChI=1S/C13H21FN2/c1-3-5-8-16(4-2)10-11-6-7-12(15)9-13(11)14/h6-7,9H,3-5,8,10,15H2,1-2H3. The zero-order valence-corrected chi connectivity index (χ0v) is 10.2. The van der Waals surface area contributed by atoms with E-state index in [-0.39, 0.29) is 5.82 Å². The van der Waals surface area contributed by atoms with Gasteiger partial charge in [-0.3, -0.25) is 4.90 Å². The molecule has 0 heterocycles. The highest BCUT2D eigenvalue weighted by molar-refractivity contribution is 5.40. The number of hydrogen-bond acceptors (Lipinski definition) is 2. The summed E-state index contributed by atoms with van der Waals surface area (Å²) in [5.74, 6) is -0.199. The molecule has 16 heavy (non-hydrogen) atoms. The fraction of sp³-hybridized carbons (Fsp3) is 0.538. The highest BCUT2D eigenvalue weighted by Crippen LogP contribution is 2.14. The number of rotatable bonds is 6. The largest absolute Gasteiger partial charge is 0.399 e. The molecule has 0 bridgehead atoms. The van der Waals surface area contributed by atoms with Gasteiger partial charge in [0.15, 0.2) is 0 Å². The van der Waals surface area contributed by atoms with E-state index in [1.54, 1.807) is 12.1 Å². The summed E-state index contributed by atoms with van der Waals surface area (Å²) in [5, 5.41) is 0. The molecule has 3 heteroatoms. The molecule has 1 rings (SSSR count). The van der Waals surface area contributed by atoms with Crippen LogP contribution in [0.4, 0.5) is 10.1 Å². The molecular weight excluding hydrogens is 203 g/mol. The molecule has 0 unspecified atom stereocenters. The van der Waals surface area contributed by atoms with Gasteiger partial charge in [-0.15, -0.1) is 0 Å². The summed E-state index contributed by atoms with van der Waals surface area (Å²) in [7, 11) is 0. The summed E-state index contributed by atoms with van der Waals surface area (Å²) in [5.41, 5.74) is 6.73. The van der Waals surface area contributed by atoms with Gasteiger partial charge in [0.1, 0.15) is 5.82 Å². The van der Waals surface area contributed by atoms with Gasteiger partial charge >= 0.3 is 0 Å². The van der Waals surface area contributed by atoms with Crippen molar-refractivity contribution in [2.45, 2.75) is 33.2 Å². The van der Waals surface area contributed by atoms with Crippen molar-refractivity contribution in [2.24, 2.45) is 0 Å². The van der Waals surface area contributed by atoms with Crippen LogP contribution in [0.25, 0.3) is 0 Å². The molecule has 0 aliphatic carbocycles. The van der Waals surface area contributed by atoms with E-state index in [0.717, 1.165) is 25.1 Å². The van der Waals surface area contributed by atoms with Crippen LogP contribution >= 0.6 is 0 Å². The predicted molar refractivity (Wildman–Crippen MR) is 66.7 cm³/mol. The molecule has 0 saturated heterocycles. The van der Waals surface area contributed by atoms with Gasteiger partial charge in [-0.25, -0.2) is 4.39 Å². The lowest BCUT2D eigenvalue weighted by molar-refractivity contribution is 0.271. The number of halogens is 1. The fourth-order valence-corrected chi connectivity index (χ4v) is 1.66. The van der Waals surface area contributed by atoms with E-state index in [0.29, 0.717) is 12.2 Å². The third kappa shape index (κ3) is 3.81. The highest BCUT2D eigenvalue weighted by atomic mass is 19.1. The SMILES string of the molecule is CCCCN(CC)Cc1ccc(N)cc1F. The van der Waals surface area contributed by atoms with E-state index in [2.05, 4.69) is 18.7 Å². The lowest BCUT2D eigenvalue weighted by atomic mass is 10.1. The Labute approximate surface area is 97.3 Å². The van der Waals surface area contributed by atoms with Crippen LogP contribution in [-0.4, -0.2) is 18.0 Å². The fourth-order valence-electron chi connectivity index (χ4n) is 1.66. The van der Waals surface area contributed by atoms with Crippen LogP contribution in [0.3, 0.4) is 0 Å². The molecule has 0 saturated carbocycles. The molecule has 0 fully saturated rings. The number of nitrogens with two attached hydrogens (primary N) is 1. The molecule has 0 atom stereocenters. The molecule has 0 spiro atoms. The average Bonchev–Trinajstić information content (AvgIpc) is 2.27. The lowest BCUT2D eigenvalue weighted by Gasteiger charge is -2.20. The van der Waals surface area contributed by atoms with Crippen LogP contribution in [0.15, 0.2) is 18.2 Å². The summed E-state index contributed by atoms with van der Waals surface area (Å²) in [6.07, 6.45) is 2.32. The molecule has 0 amide bonds. The lowest BCUT2D eigenvalue weighted by Crippen LogP contribution is -2.24. The Morgan fingerprint density at radius 1 is 1.31 bits per heavy atom. The van der Waals surface area contributed by atoms with Crippen LogP contribution in [-0.2, 0) is 6.54 Å². The van der Waals surface area contributed by atoms with Gasteiger partial charge in [0.2, 0.25) is 0 Å². The van der Waals surface area contributed by atoms with Crippen LogP contribution < -0.4 is 5.73 Å². The highest BCUT2D eigenvalue weighted by Gasteiger charge is 2.07. The summed E-state index contributed by atoms with van der Waals surface area (Å²) >= 11 is 0. The molecular formula is C13H21FN2. The number of unbranched alkanes of at least 4 members (excludes halogenated alkanes) is 1. The normalized spacial score (nSPS) is 11.0. The van der Waals surface area contributed by atoms with Crippen molar-refractivity contribution in [3.63, 3.8) is 0 Å². The minimum Gasteiger partial charge on any atom is -0.399 e. The topological polar surface area (TPSA) is 29.3 Å². The van der Waals surface area contributed by atoms with E-state index in [1.807, 2.05) is 0 Å². The van der Waals surface area contributed by atoms with Crippen molar-refractivity contribution < 1.29 is 4.39 Å². The summed E-state index contributed by atoms with van der Waals surface area (Å²) in [6.45, 7) is 6.91. The van der Waals surface area contributed by atoms with Crippen molar-refractivity contribution in [2.75, 3.05) is 18.8 Å². The second-order valence-corrected chi connectivity index (χ2v) is 4.07. The number of anilines is 1. The minimum absolute atomic E-state index is 0.199. The van der Waals surface area contributed by atoms with Gasteiger partial charge in [-0.2, -0.15) is 0 Å². The van der Waals surface area contributed by atoms with E-state index in [1.165, 1.54) is 12.5 Å². The molecule has 0 radical (unpaired) electrons. The van der Waals surface area contributed by atoms with Crippen molar-refractivity contribution in [1.29, 1.82) is 0 Å². The molecule has 1 aromatic rings. The Bertz CT molecular complexity index is 326. The molecule has 0 aromatic heterocycles. The smallest absolute Gasteiger partial charge is 0.129 e. The first kappa shape index (κ1) is 13.0. The van der Waals surface area contributed by atoms with E-state index in [4.69, 9.17) is 5.73 Å². The van der Waals surface area contributed by atoms with Crippen LogP contribution in [0.1, 0.15) is 32.3 Å². The molecule has 0 aliphatic heterocycles. The first-order valence-electron chi connectivity index (χ1n) is 5.93. The Kier molecular flexibility index (Phi) is 5.26. The Morgan fingerprint density at radius 2 is 2.06 bits per heavy atom. The van der Waals surface area contributed by atoms with Gasteiger partial charge in [-0.1, -0.05) is 26.3 Å². The van der Waals surface area contributed by atoms with Crippen molar-refractivity contribution in [1.82, 2.24) is 4.90 Å². The van der Waals surface area contributed by atoms with Gasteiger partial charge in [0.05, 0.1) is 0 Å². The Morgan fingerprint density at radius 3 is 2.62 bits per heavy atom. The van der Waals surface area contributed by atoms with Crippen molar-refractivity contribution >= 4 is 5.69 Å². The second-order valence-electron chi connectivity index (χ2n) is 4.07. The second kappa shape index (κ2) is 6.48. The van der Waals surface area contributed by atoms with E-state index >= 15 is 0 Å². The summed E-state index contributed by atoms with van der Waals surface area (Å²) in [6, 6.07) is 4.92.